The van der Waals surface area contributed by atoms with E-state index in [0.29, 0.717) is 12.1 Å². The highest BCUT2D eigenvalue weighted by Gasteiger charge is 2.20. The number of aryl methyl sites for hydroxylation is 2. The van der Waals surface area contributed by atoms with Crippen LogP contribution in [0.1, 0.15) is 42.4 Å². The van der Waals surface area contributed by atoms with Crippen LogP contribution in [0.15, 0.2) is 53.5 Å². The van der Waals surface area contributed by atoms with E-state index in [1.165, 1.54) is 21.4 Å². The number of para-hydroxylation sites is 1. The number of amides is 1. The summed E-state index contributed by atoms with van der Waals surface area (Å²) >= 11 is 0. The summed E-state index contributed by atoms with van der Waals surface area (Å²) in [6, 6.07) is 14.6. The summed E-state index contributed by atoms with van der Waals surface area (Å²) in [5.74, 6) is -0.150. The minimum absolute atomic E-state index is 0.0593. The Kier molecular flexibility index (Phi) is 5.29. The lowest BCUT2D eigenvalue weighted by Gasteiger charge is -2.13. The molecule has 2 aromatic carbocycles. The van der Waals surface area contributed by atoms with E-state index in [-0.39, 0.29) is 24.1 Å². The second-order valence-electron chi connectivity index (χ2n) is 8.95. The second-order valence-corrected chi connectivity index (χ2v) is 8.95. The van der Waals surface area contributed by atoms with Crippen molar-refractivity contribution in [3.05, 3.63) is 75.7 Å². The summed E-state index contributed by atoms with van der Waals surface area (Å²) in [5, 5.41) is 9.23. The van der Waals surface area contributed by atoms with Crippen LogP contribution in [0.3, 0.4) is 0 Å². The third kappa shape index (κ3) is 3.70. The van der Waals surface area contributed by atoms with Crippen molar-refractivity contribution in [1.29, 1.82) is 0 Å². The third-order valence-corrected chi connectivity index (χ3v) is 6.62. The molecule has 0 bridgehead atoms. The van der Waals surface area contributed by atoms with Gasteiger partial charge in [-0.2, -0.15) is 5.10 Å². The smallest absolute Gasteiger partial charge is 0.291 e. The van der Waals surface area contributed by atoms with Crippen molar-refractivity contribution in [2.24, 2.45) is 0 Å². The van der Waals surface area contributed by atoms with E-state index in [0.717, 1.165) is 42.0 Å². The highest BCUT2D eigenvalue weighted by molar-refractivity contribution is 6.07. The van der Waals surface area contributed by atoms with Crippen LogP contribution in [0, 0.1) is 13.8 Å². The Morgan fingerprint density at radius 1 is 1.09 bits per heavy atom. The van der Waals surface area contributed by atoms with E-state index in [1.807, 2.05) is 24.3 Å². The van der Waals surface area contributed by atoms with Gasteiger partial charge < -0.3 is 9.88 Å². The first kappa shape index (κ1) is 20.5. The van der Waals surface area contributed by atoms with Gasteiger partial charge in [-0.1, -0.05) is 54.8 Å². The van der Waals surface area contributed by atoms with Gasteiger partial charge in [0, 0.05) is 28.9 Å². The first-order chi connectivity index (χ1) is 15.5. The Balaban J connectivity index is 1.59. The average molecular weight is 429 g/mol. The predicted octanol–water partition coefficient (Wildman–Crippen LogP) is 4.08. The third-order valence-electron chi connectivity index (χ3n) is 6.62. The first-order valence-electron chi connectivity index (χ1n) is 11.3. The van der Waals surface area contributed by atoms with Gasteiger partial charge in [0.15, 0.2) is 0 Å². The molecule has 0 atom stereocenters. The minimum Gasteiger partial charge on any atom is -0.352 e. The molecule has 1 fully saturated rings. The molecule has 1 saturated carbocycles. The van der Waals surface area contributed by atoms with Crippen molar-refractivity contribution in [2.75, 3.05) is 0 Å². The number of carbonyl (C=O) groups is 1. The number of carbonyl (C=O) groups excluding carboxylic acids is 1. The normalized spacial score (nSPS) is 14.4. The molecule has 0 spiro atoms. The fourth-order valence-electron chi connectivity index (χ4n) is 4.89. The molecule has 2 heterocycles. The van der Waals surface area contributed by atoms with Gasteiger partial charge in [0.25, 0.3) is 5.56 Å². The number of nitrogens with one attached hydrogen (secondary N) is 1. The van der Waals surface area contributed by atoms with E-state index >= 15 is 0 Å². The quantitative estimate of drug-likeness (QED) is 0.521. The van der Waals surface area contributed by atoms with Gasteiger partial charge in [0.1, 0.15) is 12.1 Å². The number of aromatic nitrogens is 3. The Morgan fingerprint density at radius 2 is 1.88 bits per heavy atom. The zero-order valence-electron chi connectivity index (χ0n) is 18.6. The van der Waals surface area contributed by atoms with Crippen LogP contribution in [-0.4, -0.2) is 26.3 Å². The molecule has 6 heteroatoms. The predicted molar refractivity (Wildman–Crippen MR) is 127 cm³/mol. The fraction of sp³-hybridized carbons (Fsp3) is 0.346. The van der Waals surface area contributed by atoms with Crippen molar-refractivity contribution in [2.45, 2.75) is 58.7 Å². The number of rotatable bonds is 5. The molecule has 0 radical (unpaired) electrons. The van der Waals surface area contributed by atoms with Crippen molar-refractivity contribution < 1.29 is 4.79 Å². The van der Waals surface area contributed by atoms with Crippen molar-refractivity contribution in [3.63, 3.8) is 0 Å². The molecule has 0 unspecified atom stereocenters. The molecular weight excluding hydrogens is 400 g/mol. The van der Waals surface area contributed by atoms with Crippen LogP contribution in [0.2, 0.25) is 0 Å². The van der Waals surface area contributed by atoms with E-state index in [9.17, 15) is 9.59 Å². The molecule has 32 heavy (non-hydrogen) atoms. The number of hydrogen-bond donors (Lipinski definition) is 1. The van der Waals surface area contributed by atoms with Crippen LogP contribution in [0.5, 0.6) is 0 Å². The summed E-state index contributed by atoms with van der Waals surface area (Å²) in [6.45, 7) is 4.70. The summed E-state index contributed by atoms with van der Waals surface area (Å²) in [6.07, 6.45) is 6.04. The zero-order chi connectivity index (χ0) is 22.2. The first-order valence-corrected chi connectivity index (χ1v) is 11.3. The molecular formula is C26H28N4O2. The van der Waals surface area contributed by atoms with E-state index < -0.39 is 0 Å². The Labute approximate surface area is 186 Å². The monoisotopic (exact) mass is 428 g/mol. The zero-order valence-corrected chi connectivity index (χ0v) is 18.6. The molecule has 164 valence electrons. The standard InChI is InChI=1S/C26H28N4O2/c1-17-11-12-18(2)19(13-17)15-29-23-10-6-5-9-21(23)22-14-27-30(26(32)25(22)29)16-24(31)28-20-7-3-4-8-20/h5-6,9-14,20H,3-4,7-8,15-16H2,1-2H3,(H,28,31). The maximum atomic E-state index is 13.5. The average Bonchev–Trinajstić information content (AvgIpc) is 3.39. The van der Waals surface area contributed by atoms with Crippen molar-refractivity contribution >= 4 is 27.7 Å². The van der Waals surface area contributed by atoms with Gasteiger partial charge in [-0.15, -0.1) is 0 Å². The van der Waals surface area contributed by atoms with Crippen LogP contribution in [-0.2, 0) is 17.9 Å². The van der Waals surface area contributed by atoms with Gasteiger partial charge in [-0.25, -0.2) is 4.68 Å². The van der Waals surface area contributed by atoms with Crippen LogP contribution in [0.25, 0.3) is 21.8 Å². The molecule has 0 saturated heterocycles. The summed E-state index contributed by atoms with van der Waals surface area (Å²) in [4.78, 5) is 26.1. The molecule has 1 N–H and O–H groups in total. The number of hydrogen-bond acceptors (Lipinski definition) is 3. The summed E-state index contributed by atoms with van der Waals surface area (Å²) in [5.41, 5.74) is 4.91. The fourth-order valence-corrected chi connectivity index (χ4v) is 4.89. The van der Waals surface area contributed by atoms with Crippen LogP contribution < -0.4 is 10.9 Å². The van der Waals surface area contributed by atoms with Gasteiger partial charge >= 0.3 is 0 Å². The lowest BCUT2D eigenvalue weighted by Crippen LogP contribution is -2.38. The molecule has 1 amide bonds. The Morgan fingerprint density at radius 3 is 2.69 bits per heavy atom. The minimum atomic E-state index is -0.231. The van der Waals surface area contributed by atoms with Gasteiger partial charge in [0.2, 0.25) is 5.91 Å². The molecule has 5 rings (SSSR count). The van der Waals surface area contributed by atoms with Crippen LogP contribution in [0.4, 0.5) is 0 Å². The van der Waals surface area contributed by atoms with Crippen LogP contribution >= 0.6 is 0 Å². The maximum absolute atomic E-state index is 13.5. The van der Waals surface area contributed by atoms with Crippen molar-refractivity contribution in [3.8, 4) is 0 Å². The lowest BCUT2D eigenvalue weighted by atomic mass is 10.1. The van der Waals surface area contributed by atoms with Crippen molar-refractivity contribution in [1.82, 2.24) is 19.7 Å². The summed E-state index contributed by atoms with van der Waals surface area (Å²) in [7, 11) is 0. The lowest BCUT2D eigenvalue weighted by molar-refractivity contribution is -0.122. The molecule has 6 nitrogen and oxygen atoms in total. The van der Waals surface area contributed by atoms with E-state index in [4.69, 9.17) is 0 Å². The van der Waals surface area contributed by atoms with E-state index in [1.54, 1.807) is 6.20 Å². The highest BCUT2D eigenvalue weighted by atomic mass is 16.2. The molecule has 0 aliphatic heterocycles. The van der Waals surface area contributed by atoms with Gasteiger partial charge in [0.05, 0.1) is 6.20 Å². The topological polar surface area (TPSA) is 68.9 Å². The number of nitrogens with zero attached hydrogens (tertiary/aromatic N) is 3. The van der Waals surface area contributed by atoms with Gasteiger partial charge in [-0.05, 0) is 43.9 Å². The molecule has 2 aromatic heterocycles. The Hall–Kier alpha value is -3.41. The molecule has 1 aliphatic rings. The summed E-state index contributed by atoms with van der Waals surface area (Å²) < 4.78 is 3.37. The number of benzene rings is 2. The number of fused-ring (bicyclic) bond motifs is 3. The largest absolute Gasteiger partial charge is 0.352 e. The van der Waals surface area contributed by atoms with E-state index in [2.05, 4.69) is 47.0 Å². The highest BCUT2D eigenvalue weighted by Crippen LogP contribution is 2.28. The molecule has 1 aliphatic carbocycles. The van der Waals surface area contributed by atoms with Gasteiger partial charge in [-0.3, -0.25) is 9.59 Å². The Bertz CT molecular complexity index is 1380. The SMILES string of the molecule is Cc1ccc(C)c(Cn2c3ccccc3c3cnn(CC(=O)NC4CCCC4)c(=O)c32)c1. The second kappa shape index (κ2) is 8.26. The maximum Gasteiger partial charge on any atom is 0.291 e. The molecule has 4 aromatic rings.